The van der Waals surface area contributed by atoms with Gasteiger partial charge in [0.1, 0.15) is 0 Å². The summed E-state index contributed by atoms with van der Waals surface area (Å²) in [7, 11) is 0. The van der Waals surface area contributed by atoms with Crippen LogP contribution in [0.25, 0.3) is 21.8 Å². The number of para-hydroxylation sites is 1. The Hall–Kier alpha value is -2.29. The normalized spacial score (nSPS) is 10.8. The molecule has 0 unspecified atom stereocenters. The van der Waals surface area contributed by atoms with Gasteiger partial charge in [0.05, 0.1) is 16.7 Å². The molecule has 0 radical (unpaired) electrons. The van der Waals surface area contributed by atoms with Gasteiger partial charge >= 0.3 is 0 Å². The number of hydrogen-bond acceptors (Lipinski definition) is 3. The molecule has 2 aromatic heterocycles. The molecule has 0 aliphatic heterocycles. The summed E-state index contributed by atoms with van der Waals surface area (Å²) in [6.45, 7) is 3.55. The minimum Gasteiger partial charge on any atom is -0.262 e. The van der Waals surface area contributed by atoms with Crippen LogP contribution in [-0.2, 0) is 0 Å². The van der Waals surface area contributed by atoms with E-state index >= 15 is 0 Å². The Morgan fingerprint density at radius 1 is 1.00 bits per heavy atom. The molecule has 0 amide bonds. The molecule has 0 saturated heterocycles. The lowest BCUT2D eigenvalue weighted by Gasteiger charge is -2.03. The summed E-state index contributed by atoms with van der Waals surface area (Å²) in [5.41, 5.74) is 2.60. The number of hydrogen-bond donors (Lipinski definition) is 0. The van der Waals surface area contributed by atoms with Gasteiger partial charge in [-0.2, -0.15) is 0 Å². The third kappa shape index (κ3) is 1.18. The molecule has 0 fully saturated rings. The summed E-state index contributed by atoms with van der Waals surface area (Å²) in [5.74, 6) is 0. The predicted octanol–water partition coefficient (Wildman–Crippen LogP) is 3.12. The van der Waals surface area contributed by atoms with Crippen molar-refractivity contribution in [2.24, 2.45) is 4.99 Å². The van der Waals surface area contributed by atoms with Crippen molar-refractivity contribution in [3.63, 3.8) is 0 Å². The van der Waals surface area contributed by atoms with E-state index in [1.165, 1.54) is 0 Å². The van der Waals surface area contributed by atoms with Crippen LogP contribution in [0.3, 0.4) is 0 Å². The minimum atomic E-state index is 0.796. The molecule has 0 saturated carbocycles. The lowest BCUT2D eigenvalue weighted by Crippen LogP contribution is -1.84. The Morgan fingerprint density at radius 3 is 2.81 bits per heavy atom. The monoisotopic (exact) mass is 207 g/mol. The van der Waals surface area contributed by atoms with Gasteiger partial charge in [-0.15, -0.1) is 0 Å². The highest BCUT2D eigenvalue weighted by atomic mass is 14.8. The Bertz CT molecular complexity index is 689. The largest absolute Gasteiger partial charge is 0.262 e. The van der Waals surface area contributed by atoms with E-state index in [1.54, 1.807) is 6.20 Å². The summed E-state index contributed by atoms with van der Waals surface area (Å²) in [6, 6.07) is 9.76. The number of fused-ring (bicyclic) bond motifs is 3. The van der Waals surface area contributed by atoms with Crippen molar-refractivity contribution in [1.29, 1.82) is 0 Å². The van der Waals surface area contributed by atoms with Crippen molar-refractivity contribution in [2.75, 3.05) is 0 Å². The maximum absolute atomic E-state index is 4.41. The number of nitrogens with zero attached hydrogens (tertiary/aromatic N) is 3. The van der Waals surface area contributed by atoms with Gasteiger partial charge in [0.25, 0.3) is 0 Å². The van der Waals surface area contributed by atoms with E-state index in [9.17, 15) is 0 Å². The fraction of sp³-hybridized carbons (Fsp3) is 0. The highest BCUT2D eigenvalue weighted by Gasteiger charge is 2.04. The molecule has 1 aromatic carbocycles. The number of rotatable bonds is 1. The maximum atomic E-state index is 4.41. The van der Waals surface area contributed by atoms with Crippen molar-refractivity contribution in [1.82, 2.24) is 9.97 Å². The first kappa shape index (κ1) is 8.97. The molecule has 16 heavy (non-hydrogen) atoms. The Balaban J connectivity index is 2.57. The van der Waals surface area contributed by atoms with Crippen LogP contribution in [0.2, 0.25) is 0 Å². The van der Waals surface area contributed by atoms with E-state index in [1.807, 2.05) is 36.5 Å². The molecule has 0 spiro atoms. The second-order valence-electron chi connectivity index (χ2n) is 3.53. The Labute approximate surface area is 92.5 Å². The van der Waals surface area contributed by atoms with E-state index in [0.29, 0.717) is 0 Å². The van der Waals surface area contributed by atoms with E-state index in [2.05, 4.69) is 21.7 Å². The van der Waals surface area contributed by atoms with Gasteiger partial charge in [0.15, 0.2) is 0 Å². The zero-order valence-corrected chi connectivity index (χ0v) is 8.59. The second kappa shape index (κ2) is 3.38. The molecular weight excluding hydrogens is 198 g/mol. The molecule has 0 aliphatic rings. The fourth-order valence-electron chi connectivity index (χ4n) is 1.87. The van der Waals surface area contributed by atoms with Gasteiger partial charge < -0.3 is 0 Å². The Kier molecular flexibility index (Phi) is 1.90. The summed E-state index contributed by atoms with van der Waals surface area (Å²) >= 11 is 0. The third-order valence-electron chi connectivity index (χ3n) is 2.61. The first-order chi connectivity index (χ1) is 7.90. The van der Waals surface area contributed by atoms with Crippen molar-refractivity contribution in [2.45, 2.75) is 0 Å². The van der Waals surface area contributed by atoms with Crippen LogP contribution in [0.15, 0.2) is 47.7 Å². The van der Waals surface area contributed by atoms with E-state index in [4.69, 9.17) is 0 Å². The average Bonchev–Trinajstić information content (AvgIpc) is 2.37. The lowest BCUT2D eigenvalue weighted by atomic mass is 10.1. The fourth-order valence-corrected chi connectivity index (χ4v) is 1.87. The molecule has 76 valence electrons. The minimum absolute atomic E-state index is 0.796. The van der Waals surface area contributed by atoms with Gasteiger partial charge in [0.2, 0.25) is 0 Å². The lowest BCUT2D eigenvalue weighted by molar-refractivity contribution is 1.37. The topological polar surface area (TPSA) is 38.1 Å². The molecule has 3 aromatic rings. The van der Waals surface area contributed by atoms with Crippen LogP contribution >= 0.6 is 0 Å². The van der Waals surface area contributed by atoms with E-state index < -0.39 is 0 Å². The summed E-state index contributed by atoms with van der Waals surface area (Å²) < 4.78 is 0. The van der Waals surface area contributed by atoms with Gasteiger partial charge in [0, 0.05) is 23.2 Å². The van der Waals surface area contributed by atoms with Crippen molar-refractivity contribution in [3.8, 4) is 0 Å². The van der Waals surface area contributed by atoms with E-state index in [0.717, 1.165) is 27.5 Å². The van der Waals surface area contributed by atoms with Crippen LogP contribution in [-0.4, -0.2) is 16.7 Å². The predicted molar refractivity (Wildman–Crippen MR) is 66.3 cm³/mol. The van der Waals surface area contributed by atoms with Gasteiger partial charge in [-0.05, 0) is 24.9 Å². The quantitative estimate of drug-likeness (QED) is 0.454. The maximum Gasteiger partial charge on any atom is 0.0980 e. The summed E-state index contributed by atoms with van der Waals surface area (Å²) in [4.78, 5) is 12.8. The standard InChI is InChI=1S/C13H9N3/c1-14-11-6-2-5-10-12-9(4-3-7-15-12)8-16-13(10)11/h2-8H,1H2. The molecule has 0 bridgehead atoms. The zero-order valence-electron chi connectivity index (χ0n) is 8.59. The molecule has 3 heteroatoms. The zero-order chi connectivity index (χ0) is 11.0. The summed E-state index contributed by atoms with van der Waals surface area (Å²) in [6.07, 6.45) is 3.61. The first-order valence-electron chi connectivity index (χ1n) is 4.99. The van der Waals surface area contributed by atoms with Crippen LogP contribution < -0.4 is 0 Å². The average molecular weight is 207 g/mol. The molecule has 3 rings (SSSR count). The molecule has 3 nitrogen and oxygen atoms in total. The first-order valence-corrected chi connectivity index (χ1v) is 4.99. The SMILES string of the molecule is C=Nc1cccc2c1ncc1cccnc12. The van der Waals surface area contributed by atoms with Crippen LogP contribution in [0.1, 0.15) is 0 Å². The Morgan fingerprint density at radius 2 is 1.94 bits per heavy atom. The van der Waals surface area contributed by atoms with Crippen LogP contribution in [0.4, 0.5) is 5.69 Å². The number of aromatic nitrogens is 2. The molecule has 0 N–H and O–H groups in total. The van der Waals surface area contributed by atoms with Gasteiger partial charge in [-0.1, -0.05) is 12.1 Å². The molecule has 2 heterocycles. The summed E-state index contributed by atoms with van der Waals surface area (Å²) in [5, 5.41) is 2.05. The van der Waals surface area contributed by atoms with Crippen molar-refractivity contribution in [3.05, 3.63) is 42.7 Å². The second-order valence-corrected chi connectivity index (χ2v) is 3.53. The number of pyridine rings is 2. The van der Waals surface area contributed by atoms with E-state index in [-0.39, 0.29) is 0 Å². The van der Waals surface area contributed by atoms with Crippen LogP contribution in [0.5, 0.6) is 0 Å². The molecule has 0 atom stereocenters. The van der Waals surface area contributed by atoms with Crippen molar-refractivity contribution < 1.29 is 0 Å². The number of benzene rings is 1. The highest BCUT2D eigenvalue weighted by molar-refractivity contribution is 6.06. The molecule has 0 aliphatic carbocycles. The van der Waals surface area contributed by atoms with Gasteiger partial charge in [-0.3, -0.25) is 15.0 Å². The number of aliphatic imine (C=N–C) groups is 1. The third-order valence-corrected chi connectivity index (χ3v) is 2.61. The smallest absolute Gasteiger partial charge is 0.0980 e. The van der Waals surface area contributed by atoms with Crippen LogP contribution in [0, 0.1) is 0 Å². The van der Waals surface area contributed by atoms with Crippen molar-refractivity contribution >= 4 is 34.2 Å². The molecular formula is C13H9N3. The highest BCUT2D eigenvalue weighted by Crippen LogP contribution is 2.27. The van der Waals surface area contributed by atoms with Gasteiger partial charge in [-0.25, -0.2) is 0 Å².